The number of aromatic nitrogens is 1. The molecule has 0 radical (unpaired) electrons. The Kier molecular flexibility index (Phi) is 6.24. The van der Waals surface area contributed by atoms with Gasteiger partial charge in [-0.15, -0.1) is 0 Å². The summed E-state index contributed by atoms with van der Waals surface area (Å²) >= 11 is 0. The van der Waals surface area contributed by atoms with Gasteiger partial charge in [-0.1, -0.05) is 20.3 Å². The summed E-state index contributed by atoms with van der Waals surface area (Å²) < 4.78 is 40.2. The highest BCUT2D eigenvalue weighted by atomic mass is 32.2. The highest BCUT2D eigenvalue weighted by Crippen LogP contribution is 2.34. The van der Waals surface area contributed by atoms with Crippen LogP contribution in [0, 0.1) is 0 Å². The zero-order chi connectivity index (χ0) is 21.2. The first-order valence-corrected chi connectivity index (χ1v) is 11.3. The number of benzene rings is 1. The molecule has 3 rings (SSSR count). The largest absolute Gasteiger partial charge is 0.493 e. The molecule has 0 spiro atoms. The summed E-state index contributed by atoms with van der Waals surface area (Å²) in [5.74, 6) is 0.485. The Bertz CT molecular complexity index is 1120. The normalized spacial score (nSPS) is 13.3. The van der Waals surface area contributed by atoms with Crippen LogP contribution in [-0.2, 0) is 29.5 Å². The highest BCUT2D eigenvalue weighted by Gasteiger charge is 2.26. The molecule has 8 heteroatoms. The first kappa shape index (κ1) is 21.3. The van der Waals surface area contributed by atoms with Gasteiger partial charge in [0.1, 0.15) is 5.75 Å². The molecule has 1 aromatic carbocycles. The standard InChI is InChI=1S/C21H26N2O5S/c1-4-7-14-13-23(6-3)21(24)17-12-18(22-20(14)17)16-11-15(29(25,26)27)8-9-19(16)28-10-5-2/h8-9,11,13H,4-7,10,12H2,1-3H3,(H,25,26,27). The monoisotopic (exact) mass is 418 g/mol. The van der Waals surface area contributed by atoms with Gasteiger partial charge in [-0.05, 0) is 43.5 Å². The summed E-state index contributed by atoms with van der Waals surface area (Å²) in [6, 6.07) is 4.19. The molecule has 0 saturated heterocycles. The van der Waals surface area contributed by atoms with Crippen molar-refractivity contribution in [1.29, 1.82) is 0 Å². The van der Waals surface area contributed by atoms with Gasteiger partial charge in [0.25, 0.3) is 15.7 Å². The minimum absolute atomic E-state index is 0.0805. The summed E-state index contributed by atoms with van der Waals surface area (Å²) in [4.78, 5) is 17.3. The van der Waals surface area contributed by atoms with Crippen molar-refractivity contribution in [3.8, 4) is 5.75 Å². The summed E-state index contributed by atoms with van der Waals surface area (Å²) in [6.45, 7) is 7.00. The SMILES string of the molecule is CCCOc1ccc(S(=O)(=O)O)cc1C1=Nc2c(CCC)cn(CC)c(=O)c2C1. The van der Waals surface area contributed by atoms with E-state index < -0.39 is 10.1 Å². The van der Waals surface area contributed by atoms with Gasteiger partial charge < -0.3 is 9.30 Å². The molecule has 0 atom stereocenters. The number of pyridine rings is 1. The van der Waals surface area contributed by atoms with Gasteiger partial charge >= 0.3 is 0 Å². The average Bonchev–Trinajstić information content (AvgIpc) is 3.13. The fourth-order valence-corrected chi connectivity index (χ4v) is 4.00. The van der Waals surface area contributed by atoms with Gasteiger partial charge in [0.2, 0.25) is 0 Å². The number of nitrogens with zero attached hydrogens (tertiary/aromatic N) is 2. The van der Waals surface area contributed by atoms with Crippen molar-refractivity contribution in [3.05, 3.63) is 51.4 Å². The van der Waals surface area contributed by atoms with E-state index in [1.165, 1.54) is 18.2 Å². The Labute approximate surface area is 170 Å². The van der Waals surface area contributed by atoms with E-state index >= 15 is 0 Å². The van der Waals surface area contributed by atoms with Crippen LogP contribution < -0.4 is 10.3 Å². The predicted octanol–water partition coefficient (Wildman–Crippen LogP) is 3.53. The second-order valence-electron chi connectivity index (χ2n) is 7.04. The first-order chi connectivity index (χ1) is 13.8. The first-order valence-electron chi connectivity index (χ1n) is 9.87. The summed E-state index contributed by atoms with van der Waals surface area (Å²) in [5.41, 5.74) is 3.26. The molecule has 29 heavy (non-hydrogen) atoms. The lowest BCUT2D eigenvalue weighted by Gasteiger charge is -2.12. The fraction of sp³-hybridized carbons (Fsp3) is 0.429. The Morgan fingerprint density at radius 1 is 1.21 bits per heavy atom. The van der Waals surface area contributed by atoms with Crippen LogP contribution in [0.15, 0.2) is 39.1 Å². The van der Waals surface area contributed by atoms with E-state index in [-0.39, 0.29) is 10.5 Å². The molecule has 1 aliphatic heterocycles. The number of aryl methyl sites for hydroxylation is 2. The van der Waals surface area contributed by atoms with Crippen molar-refractivity contribution in [1.82, 2.24) is 4.57 Å². The quantitative estimate of drug-likeness (QED) is 0.661. The number of hydrogen-bond donors (Lipinski definition) is 1. The van der Waals surface area contributed by atoms with Crippen molar-refractivity contribution in [2.24, 2.45) is 4.99 Å². The molecule has 0 aliphatic carbocycles. The summed E-state index contributed by atoms with van der Waals surface area (Å²) in [5, 5.41) is 0. The van der Waals surface area contributed by atoms with Gasteiger partial charge in [0.15, 0.2) is 0 Å². The van der Waals surface area contributed by atoms with Gasteiger partial charge in [-0.25, -0.2) is 0 Å². The molecule has 156 valence electrons. The Balaban J connectivity index is 2.15. The van der Waals surface area contributed by atoms with Crippen molar-refractivity contribution >= 4 is 21.5 Å². The van der Waals surface area contributed by atoms with Crippen LogP contribution in [-0.4, -0.2) is 29.9 Å². The summed E-state index contributed by atoms with van der Waals surface area (Å²) in [6.07, 6.45) is 4.66. The number of fused-ring (bicyclic) bond motifs is 1. The smallest absolute Gasteiger partial charge is 0.294 e. The van der Waals surface area contributed by atoms with Crippen LogP contribution in [0.25, 0.3) is 0 Å². The van der Waals surface area contributed by atoms with Crippen molar-refractivity contribution in [2.75, 3.05) is 6.61 Å². The molecular formula is C21H26N2O5S. The van der Waals surface area contributed by atoms with E-state index in [2.05, 4.69) is 6.92 Å². The van der Waals surface area contributed by atoms with Gasteiger partial charge in [-0.2, -0.15) is 8.42 Å². The van der Waals surface area contributed by atoms with Gasteiger partial charge in [0, 0.05) is 30.3 Å². The third-order valence-corrected chi connectivity index (χ3v) is 5.74. The van der Waals surface area contributed by atoms with Crippen LogP contribution in [0.2, 0.25) is 0 Å². The minimum Gasteiger partial charge on any atom is -0.493 e. The van der Waals surface area contributed by atoms with E-state index in [0.29, 0.717) is 47.8 Å². The highest BCUT2D eigenvalue weighted by molar-refractivity contribution is 7.85. The van der Waals surface area contributed by atoms with Crippen molar-refractivity contribution < 1.29 is 17.7 Å². The van der Waals surface area contributed by atoms with E-state index in [1.807, 2.05) is 20.0 Å². The van der Waals surface area contributed by atoms with Crippen molar-refractivity contribution in [2.45, 2.75) is 57.9 Å². The number of rotatable bonds is 8. The van der Waals surface area contributed by atoms with E-state index in [1.54, 1.807) is 4.57 Å². The molecule has 1 aromatic heterocycles. The minimum atomic E-state index is -4.37. The predicted molar refractivity (Wildman–Crippen MR) is 112 cm³/mol. The average molecular weight is 419 g/mol. The van der Waals surface area contributed by atoms with Crippen LogP contribution in [0.4, 0.5) is 5.69 Å². The van der Waals surface area contributed by atoms with E-state index in [9.17, 15) is 17.8 Å². The molecule has 0 fully saturated rings. The van der Waals surface area contributed by atoms with Crippen LogP contribution in [0.5, 0.6) is 5.75 Å². The molecule has 0 bridgehead atoms. The molecule has 0 saturated carbocycles. The molecular weight excluding hydrogens is 392 g/mol. The Morgan fingerprint density at radius 3 is 2.59 bits per heavy atom. The molecule has 2 heterocycles. The number of hydrogen-bond acceptors (Lipinski definition) is 5. The third kappa shape index (κ3) is 4.28. The third-order valence-electron chi connectivity index (χ3n) is 4.89. The lowest BCUT2D eigenvalue weighted by Crippen LogP contribution is -2.23. The van der Waals surface area contributed by atoms with Crippen LogP contribution >= 0.6 is 0 Å². The Morgan fingerprint density at radius 2 is 1.97 bits per heavy atom. The molecule has 1 N–H and O–H groups in total. The van der Waals surface area contributed by atoms with Crippen LogP contribution in [0.1, 0.15) is 50.3 Å². The summed E-state index contributed by atoms with van der Waals surface area (Å²) in [7, 11) is -4.37. The molecule has 1 aliphatic rings. The maximum absolute atomic E-state index is 12.8. The number of ether oxygens (including phenoxy) is 1. The van der Waals surface area contributed by atoms with Gasteiger partial charge in [-0.3, -0.25) is 14.3 Å². The van der Waals surface area contributed by atoms with Gasteiger partial charge in [0.05, 0.1) is 22.9 Å². The maximum Gasteiger partial charge on any atom is 0.294 e. The van der Waals surface area contributed by atoms with Crippen LogP contribution in [0.3, 0.4) is 0 Å². The second-order valence-corrected chi connectivity index (χ2v) is 8.46. The molecule has 2 aromatic rings. The van der Waals surface area contributed by atoms with E-state index in [0.717, 1.165) is 24.8 Å². The second kappa shape index (κ2) is 8.51. The van der Waals surface area contributed by atoms with Crippen molar-refractivity contribution in [3.63, 3.8) is 0 Å². The maximum atomic E-state index is 12.8. The molecule has 7 nitrogen and oxygen atoms in total. The molecule has 0 unspecified atom stereocenters. The topological polar surface area (TPSA) is 98.0 Å². The van der Waals surface area contributed by atoms with E-state index in [4.69, 9.17) is 9.73 Å². The fourth-order valence-electron chi connectivity index (χ4n) is 3.49. The lowest BCUT2D eigenvalue weighted by molar-refractivity contribution is 0.316. The zero-order valence-corrected chi connectivity index (χ0v) is 17.8. The Hall–Kier alpha value is -2.45. The zero-order valence-electron chi connectivity index (χ0n) is 16.9. The molecule has 0 amide bonds. The number of aliphatic imine (C=N–C) groups is 1. The lowest BCUT2D eigenvalue weighted by atomic mass is 10.0.